The predicted molar refractivity (Wildman–Crippen MR) is 92.7 cm³/mol. The maximum absolute atomic E-state index is 12.5. The molecule has 0 aliphatic carbocycles. The molecule has 0 N–H and O–H groups in total. The van der Waals surface area contributed by atoms with Crippen LogP contribution in [0.25, 0.3) is 0 Å². The van der Waals surface area contributed by atoms with Gasteiger partial charge in [-0.1, -0.05) is 11.6 Å². The number of amides is 1. The maximum atomic E-state index is 12.5. The van der Waals surface area contributed by atoms with Crippen LogP contribution in [0.1, 0.15) is 23.2 Å². The lowest BCUT2D eigenvalue weighted by molar-refractivity contribution is 0.0595. The van der Waals surface area contributed by atoms with Crippen LogP contribution < -0.4 is 10.3 Å². The summed E-state index contributed by atoms with van der Waals surface area (Å²) in [7, 11) is 1.66. The molecule has 0 unspecified atom stereocenters. The normalized spacial score (nSPS) is 15.3. The first-order chi connectivity index (χ1) is 11.5. The minimum atomic E-state index is -0.179. The summed E-state index contributed by atoms with van der Waals surface area (Å²) >= 11 is 5.86. The number of aromatic nitrogens is 1. The fourth-order valence-electron chi connectivity index (χ4n) is 2.75. The Morgan fingerprint density at radius 3 is 2.46 bits per heavy atom. The lowest BCUT2D eigenvalue weighted by atomic mass is 10.1. The quantitative estimate of drug-likeness (QED) is 0.858. The van der Waals surface area contributed by atoms with E-state index in [1.807, 2.05) is 12.1 Å². The Labute approximate surface area is 145 Å². The van der Waals surface area contributed by atoms with E-state index in [2.05, 4.69) is 0 Å². The number of carbonyl (C=O) groups excluding carboxylic acids is 1. The Bertz CT molecular complexity index is 778. The van der Waals surface area contributed by atoms with Crippen molar-refractivity contribution in [1.29, 1.82) is 0 Å². The van der Waals surface area contributed by atoms with Crippen LogP contribution in [-0.4, -0.2) is 34.6 Å². The molecule has 0 saturated carbocycles. The van der Waals surface area contributed by atoms with E-state index in [0.717, 1.165) is 18.6 Å². The number of pyridine rings is 1. The van der Waals surface area contributed by atoms with Crippen LogP contribution in [0.2, 0.25) is 5.02 Å². The number of carbonyl (C=O) groups is 1. The molecule has 3 rings (SSSR count). The highest BCUT2D eigenvalue weighted by Crippen LogP contribution is 2.21. The van der Waals surface area contributed by atoms with E-state index in [1.54, 1.807) is 36.3 Å². The van der Waals surface area contributed by atoms with Gasteiger partial charge >= 0.3 is 0 Å². The summed E-state index contributed by atoms with van der Waals surface area (Å²) in [6.07, 6.45) is 3.23. The van der Waals surface area contributed by atoms with Gasteiger partial charge in [0.25, 0.3) is 11.5 Å². The number of halogens is 1. The third-order valence-electron chi connectivity index (χ3n) is 4.20. The molecule has 24 heavy (non-hydrogen) atoms. The molecule has 0 atom stereocenters. The number of likely N-dealkylation sites (tertiary alicyclic amines) is 1. The summed E-state index contributed by atoms with van der Waals surface area (Å²) in [5, 5.41) is 0.678. The largest absolute Gasteiger partial charge is 0.490 e. The lowest BCUT2D eigenvalue weighted by Crippen LogP contribution is -2.42. The first kappa shape index (κ1) is 16.6. The average Bonchev–Trinajstić information content (AvgIpc) is 2.59. The minimum absolute atomic E-state index is 0.0823. The van der Waals surface area contributed by atoms with Crippen molar-refractivity contribution in [3.8, 4) is 5.75 Å². The molecule has 1 aromatic heterocycles. The van der Waals surface area contributed by atoms with Crippen molar-refractivity contribution in [3.63, 3.8) is 0 Å². The van der Waals surface area contributed by atoms with E-state index in [9.17, 15) is 9.59 Å². The third-order valence-corrected chi connectivity index (χ3v) is 4.45. The fourth-order valence-corrected chi connectivity index (χ4v) is 2.87. The number of benzene rings is 1. The molecule has 0 bridgehead atoms. The van der Waals surface area contributed by atoms with Crippen LogP contribution >= 0.6 is 11.6 Å². The van der Waals surface area contributed by atoms with Gasteiger partial charge in [-0.25, -0.2) is 0 Å². The minimum Gasteiger partial charge on any atom is -0.490 e. The molecule has 126 valence electrons. The smallest absolute Gasteiger partial charge is 0.254 e. The highest BCUT2D eigenvalue weighted by molar-refractivity contribution is 6.30. The van der Waals surface area contributed by atoms with Crippen molar-refractivity contribution in [2.45, 2.75) is 18.9 Å². The number of piperidine rings is 1. The number of hydrogen-bond acceptors (Lipinski definition) is 3. The Hall–Kier alpha value is -2.27. The Balaban J connectivity index is 1.58. The predicted octanol–water partition coefficient (Wildman–Crippen LogP) is 2.72. The maximum Gasteiger partial charge on any atom is 0.254 e. The van der Waals surface area contributed by atoms with Gasteiger partial charge in [0.2, 0.25) is 0 Å². The van der Waals surface area contributed by atoms with Gasteiger partial charge in [-0.15, -0.1) is 0 Å². The summed E-state index contributed by atoms with van der Waals surface area (Å²) in [5.74, 6) is 0.688. The zero-order chi connectivity index (χ0) is 17.1. The van der Waals surface area contributed by atoms with Crippen LogP contribution in [-0.2, 0) is 7.05 Å². The summed E-state index contributed by atoms with van der Waals surface area (Å²) in [5.41, 5.74) is 0.261. The zero-order valence-electron chi connectivity index (χ0n) is 13.4. The van der Waals surface area contributed by atoms with Crippen molar-refractivity contribution < 1.29 is 9.53 Å². The zero-order valence-corrected chi connectivity index (χ0v) is 14.2. The van der Waals surface area contributed by atoms with Crippen LogP contribution in [0, 0.1) is 0 Å². The number of aryl methyl sites for hydroxylation is 1. The monoisotopic (exact) mass is 346 g/mol. The van der Waals surface area contributed by atoms with Crippen molar-refractivity contribution >= 4 is 17.5 Å². The second-order valence-electron chi connectivity index (χ2n) is 5.93. The number of hydrogen-bond donors (Lipinski definition) is 0. The molecule has 1 aromatic carbocycles. The van der Waals surface area contributed by atoms with Gasteiger partial charge in [0.05, 0.1) is 0 Å². The molecule has 1 aliphatic heterocycles. The molecule has 0 radical (unpaired) electrons. The summed E-state index contributed by atoms with van der Waals surface area (Å²) in [4.78, 5) is 25.9. The highest BCUT2D eigenvalue weighted by atomic mass is 35.5. The summed E-state index contributed by atoms with van der Waals surface area (Å²) < 4.78 is 7.38. The highest BCUT2D eigenvalue weighted by Gasteiger charge is 2.25. The van der Waals surface area contributed by atoms with E-state index in [1.165, 1.54) is 10.6 Å². The molecule has 5 nitrogen and oxygen atoms in total. The van der Waals surface area contributed by atoms with E-state index < -0.39 is 0 Å². The number of nitrogens with zero attached hydrogens (tertiary/aromatic N) is 2. The molecule has 1 aliphatic rings. The molecule has 0 spiro atoms. The number of rotatable bonds is 3. The average molecular weight is 347 g/mol. The Morgan fingerprint density at radius 1 is 1.17 bits per heavy atom. The first-order valence-corrected chi connectivity index (χ1v) is 8.29. The van der Waals surface area contributed by atoms with Crippen molar-refractivity contribution in [1.82, 2.24) is 9.47 Å². The van der Waals surface area contributed by atoms with Gasteiger partial charge in [-0.2, -0.15) is 0 Å². The van der Waals surface area contributed by atoms with Crippen LogP contribution in [0.4, 0.5) is 0 Å². The summed E-state index contributed by atoms with van der Waals surface area (Å²) in [6.45, 7) is 1.23. The molecule has 2 aromatic rings. The van der Waals surface area contributed by atoms with Gasteiger partial charge in [0, 0.05) is 55.8 Å². The molecule has 1 saturated heterocycles. The van der Waals surface area contributed by atoms with Crippen LogP contribution in [0.5, 0.6) is 5.75 Å². The van der Waals surface area contributed by atoms with Crippen LogP contribution in [0.15, 0.2) is 47.4 Å². The second kappa shape index (κ2) is 7.09. The van der Waals surface area contributed by atoms with E-state index in [-0.39, 0.29) is 17.6 Å². The van der Waals surface area contributed by atoms with Gasteiger partial charge < -0.3 is 14.2 Å². The van der Waals surface area contributed by atoms with Crippen molar-refractivity contribution in [2.24, 2.45) is 7.05 Å². The van der Waals surface area contributed by atoms with Gasteiger partial charge in [0.15, 0.2) is 0 Å². The van der Waals surface area contributed by atoms with Gasteiger partial charge in [-0.3, -0.25) is 9.59 Å². The first-order valence-electron chi connectivity index (χ1n) is 7.91. The van der Waals surface area contributed by atoms with E-state index in [0.29, 0.717) is 23.7 Å². The topological polar surface area (TPSA) is 51.5 Å². The molecular weight excluding hydrogens is 328 g/mol. The molecule has 6 heteroatoms. The van der Waals surface area contributed by atoms with Gasteiger partial charge in [-0.05, 0) is 30.3 Å². The molecular formula is C18H19ClN2O3. The van der Waals surface area contributed by atoms with E-state index >= 15 is 0 Å². The van der Waals surface area contributed by atoms with E-state index in [4.69, 9.17) is 16.3 Å². The molecule has 2 heterocycles. The van der Waals surface area contributed by atoms with Gasteiger partial charge in [0.1, 0.15) is 11.9 Å². The van der Waals surface area contributed by atoms with Crippen LogP contribution in [0.3, 0.4) is 0 Å². The second-order valence-corrected chi connectivity index (χ2v) is 6.36. The fraction of sp³-hybridized carbons (Fsp3) is 0.333. The Morgan fingerprint density at radius 2 is 1.83 bits per heavy atom. The summed E-state index contributed by atoms with van der Waals surface area (Å²) in [6, 6.07) is 10.4. The molecule has 1 amide bonds. The molecule has 1 fully saturated rings. The Kier molecular flexibility index (Phi) is 4.90. The van der Waals surface area contributed by atoms with Crippen molar-refractivity contribution in [2.75, 3.05) is 13.1 Å². The standard InChI is InChI=1S/C18H19ClN2O3/c1-20-9-6-13(12-17(20)22)18(23)21-10-7-16(8-11-21)24-15-4-2-14(19)3-5-15/h2-6,9,12,16H,7-8,10-11H2,1H3. The third kappa shape index (κ3) is 3.79. The number of ether oxygens (including phenoxy) is 1. The SMILES string of the molecule is Cn1ccc(C(=O)N2CCC(Oc3ccc(Cl)cc3)CC2)cc1=O. The lowest BCUT2D eigenvalue weighted by Gasteiger charge is -2.32. The van der Waals surface area contributed by atoms with Crippen molar-refractivity contribution in [3.05, 3.63) is 63.5 Å².